The number of aromatic nitrogens is 2. The van der Waals surface area contributed by atoms with Crippen molar-refractivity contribution in [3.05, 3.63) is 17.5 Å². The molecule has 1 aliphatic carbocycles. The van der Waals surface area contributed by atoms with E-state index in [1.807, 2.05) is 11.8 Å². The molecule has 6 nitrogen and oxygen atoms in total. The summed E-state index contributed by atoms with van der Waals surface area (Å²) in [6.07, 6.45) is 2.59. The molecule has 1 N–H and O–H groups in total. The van der Waals surface area contributed by atoms with E-state index in [-0.39, 0.29) is 17.7 Å². The molecule has 1 aromatic rings. The summed E-state index contributed by atoms with van der Waals surface area (Å²) in [5.41, 5.74) is 1.42. The van der Waals surface area contributed by atoms with Gasteiger partial charge in [0.25, 0.3) is 5.91 Å². The first kappa shape index (κ1) is 13.1. The van der Waals surface area contributed by atoms with E-state index < -0.39 is 0 Å². The third-order valence-electron chi connectivity index (χ3n) is 4.37. The van der Waals surface area contributed by atoms with Crippen molar-refractivity contribution in [2.45, 2.75) is 20.3 Å². The Bertz CT molecular complexity index is 531. The zero-order valence-electron chi connectivity index (χ0n) is 11.9. The van der Waals surface area contributed by atoms with Crippen LogP contribution in [-0.2, 0) is 4.79 Å². The van der Waals surface area contributed by atoms with Crippen molar-refractivity contribution in [3.8, 4) is 0 Å². The molecule has 0 bridgehead atoms. The third kappa shape index (κ3) is 2.30. The first-order chi connectivity index (χ1) is 9.58. The van der Waals surface area contributed by atoms with Gasteiger partial charge in [-0.1, -0.05) is 6.92 Å². The monoisotopic (exact) mass is 276 g/mol. The Morgan fingerprint density at radius 1 is 1.25 bits per heavy atom. The molecular formula is C14H20N4O2. The Morgan fingerprint density at radius 3 is 2.35 bits per heavy atom. The number of aromatic amines is 1. The average Bonchev–Trinajstić information content (AvgIpc) is 3.03. The quantitative estimate of drug-likeness (QED) is 0.862. The molecule has 2 heterocycles. The van der Waals surface area contributed by atoms with Gasteiger partial charge in [0.1, 0.15) is 0 Å². The molecule has 108 valence electrons. The summed E-state index contributed by atoms with van der Waals surface area (Å²) >= 11 is 0. The van der Waals surface area contributed by atoms with Gasteiger partial charge in [0.2, 0.25) is 5.91 Å². The highest BCUT2D eigenvalue weighted by Gasteiger charge is 2.42. The Labute approximate surface area is 118 Å². The molecule has 2 atom stereocenters. The Balaban J connectivity index is 1.57. The van der Waals surface area contributed by atoms with E-state index in [0.717, 1.165) is 12.1 Å². The van der Waals surface area contributed by atoms with Gasteiger partial charge in [-0.2, -0.15) is 5.10 Å². The Hall–Kier alpha value is -1.85. The fourth-order valence-electron chi connectivity index (χ4n) is 2.77. The molecule has 6 heteroatoms. The number of carbonyl (C=O) groups is 2. The molecular weight excluding hydrogens is 256 g/mol. The highest BCUT2D eigenvalue weighted by Crippen LogP contribution is 2.39. The van der Waals surface area contributed by atoms with Gasteiger partial charge in [-0.05, 0) is 19.3 Å². The summed E-state index contributed by atoms with van der Waals surface area (Å²) < 4.78 is 0. The standard InChI is InChI=1S/C14H20N4O2/c1-9-7-11(9)13(19)17-3-5-18(6-4-17)14(20)12-8-15-16-10(12)2/h8-9,11H,3-7H2,1-2H3,(H,15,16)/t9-,11-/m0/s1. The van der Waals surface area contributed by atoms with Crippen molar-refractivity contribution in [1.82, 2.24) is 20.0 Å². The smallest absolute Gasteiger partial charge is 0.257 e. The van der Waals surface area contributed by atoms with Crippen molar-refractivity contribution in [2.75, 3.05) is 26.2 Å². The summed E-state index contributed by atoms with van der Waals surface area (Å²) in [6, 6.07) is 0. The summed E-state index contributed by atoms with van der Waals surface area (Å²) in [5.74, 6) is 1.04. The highest BCUT2D eigenvalue weighted by atomic mass is 16.2. The van der Waals surface area contributed by atoms with Crippen LogP contribution in [0.4, 0.5) is 0 Å². The number of hydrogen-bond donors (Lipinski definition) is 1. The van der Waals surface area contributed by atoms with Crippen LogP contribution in [0, 0.1) is 18.8 Å². The summed E-state index contributed by atoms with van der Waals surface area (Å²) in [5, 5.41) is 6.67. The summed E-state index contributed by atoms with van der Waals surface area (Å²) in [6.45, 7) is 6.46. The van der Waals surface area contributed by atoms with Crippen molar-refractivity contribution in [2.24, 2.45) is 11.8 Å². The number of nitrogens with zero attached hydrogens (tertiary/aromatic N) is 3. The van der Waals surface area contributed by atoms with Gasteiger partial charge in [-0.15, -0.1) is 0 Å². The highest BCUT2D eigenvalue weighted by molar-refractivity contribution is 5.95. The lowest BCUT2D eigenvalue weighted by Crippen LogP contribution is -2.51. The Morgan fingerprint density at radius 2 is 1.85 bits per heavy atom. The largest absolute Gasteiger partial charge is 0.339 e. The minimum Gasteiger partial charge on any atom is -0.339 e. The van der Waals surface area contributed by atoms with Crippen molar-refractivity contribution < 1.29 is 9.59 Å². The zero-order valence-corrected chi connectivity index (χ0v) is 11.9. The van der Waals surface area contributed by atoms with E-state index in [1.165, 1.54) is 0 Å². The topological polar surface area (TPSA) is 69.3 Å². The van der Waals surface area contributed by atoms with E-state index in [9.17, 15) is 9.59 Å². The Kier molecular flexibility index (Phi) is 3.23. The van der Waals surface area contributed by atoms with Gasteiger partial charge in [-0.3, -0.25) is 14.7 Å². The van der Waals surface area contributed by atoms with Gasteiger partial charge in [-0.25, -0.2) is 0 Å². The lowest BCUT2D eigenvalue weighted by atomic mass is 10.2. The van der Waals surface area contributed by atoms with Crippen LogP contribution in [0.2, 0.25) is 0 Å². The van der Waals surface area contributed by atoms with E-state index in [0.29, 0.717) is 37.7 Å². The number of aryl methyl sites for hydroxylation is 1. The molecule has 20 heavy (non-hydrogen) atoms. The molecule has 1 saturated carbocycles. The molecule has 0 unspecified atom stereocenters. The van der Waals surface area contributed by atoms with Gasteiger partial charge in [0.05, 0.1) is 11.8 Å². The number of hydrogen-bond acceptors (Lipinski definition) is 3. The molecule has 0 spiro atoms. The fourth-order valence-corrected chi connectivity index (χ4v) is 2.77. The van der Waals surface area contributed by atoms with Crippen LogP contribution in [0.1, 0.15) is 29.4 Å². The second kappa shape index (κ2) is 4.92. The number of rotatable bonds is 2. The molecule has 0 radical (unpaired) electrons. The van der Waals surface area contributed by atoms with Gasteiger partial charge < -0.3 is 9.80 Å². The first-order valence-electron chi connectivity index (χ1n) is 7.16. The number of carbonyl (C=O) groups excluding carboxylic acids is 2. The van der Waals surface area contributed by atoms with Crippen molar-refractivity contribution in [1.29, 1.82) is 0 Å². The summed E-state index contributed by atoms with van der Waals surface area (Å²) in [4.78, 5) is 28.2. The van der Waals surface area contributed by atoms with Crippen molar-refractivity contribution >= 4 is 11.8 Å². The second-order valence-electron chi connectivity index (χ2n) is 5.85. The van der Waals surface area contributed by atoms with Crippen LogP contribution in [-0.4, -0.2) is 58.0 Å². The lowest BCUT2D eigenvalue weighted by Gasteiger charge is -2.35. The van der Waals surface area contributed by atoms with Gasteiger partial charge in [0, 0.05) is 37.8 Å². The third-order valence-corrected chi connectivity index (χ3v) is 4.37. The van der Waals surface area contributed by atoms with Gasteiger partial charge >= 0.3 is 0 Å². The zero-order chi connectivity index (χ0) is 14.3. The molecule has 2 amide bonds. The molecule has 1 aromatic heterocycles. The first-order valence-corrected chi connectivity index (χ1v) is 7.16. The van der Waals surface area contributed by atoms with Crippen molar-refractivity contribution in [3.63, 3.8) is 0 Å². The maximum absolute atomic E-state index is 12.3. The normalized spacial score (nSPS) is 25.7. The molecule has 2 aliphatic rings. The number of nitrogens with one attached hydrogen (secondary N) is 1. The maximum Gasteiger partial charge on any atom is 0.257 e. The van der Waals surface area contributed by atoms with E-state index >= 15 is 0 Å². The van der Waals surface area contributed by atoms with Crippen LogP contribution >= 0.6 is 0 Å². The minimum atomic E-state index is 0.00291. The molecule has 2 fully saturated rings. The predicted molar refractivity (Wildman–Crippen MR) is 73.1 cm³/mol. The van der Waals surface area contributed by atoms with Crippen LogP contribution in [0.15, 0.2) is 6.20 Å². The van der Waals surface area contributed by atoms with Crippen LogP contribution in [0.5, 0.6) is 0 Å². The number of amides is 2. The molecule has 3 rings (SSSR count). The summed E-state index contributed by atoms with van der Waals surface area (Å²) in [7, 11) is 0. The number of piperazine rings is 1. The number of H-pyrrole nitrogens is 1. The van der Waals surface area contributed by atoms with Gasteiger partial charge in [0.15, 0.2) is 0 Å². The lowest BCUT2D eigenvalue weighted by molar-refractivity contribution is -0.134. The van der Waals surface area contributed by atoms with Crippen LogP contribution < -0.4 is 0 Å². The van der Waals surface area contributed by atoms with Crippen LogP contribution in [0.25, 0.3) is 0 Å². The maximum atomic E-state index is 12.3. The van der Waals surface area contributed by atoms with E-state index in [4.69, 9.17) is 0 Å². The predicted octanol–water partition coefficient (Wildman–Crippen LogP) is 0.659. The van der Waals surface area contributed by atoms with E-state index in [2.05, 4.69) is 17.1 Å². The average molecular weight is 276 g/mol. The minimum absolute atomic E-state index is 0.00291. The van der Waals surface area contributed by atoms with Crippen LogP contribution in [0.3, 0.4) is 0 Å². The van der Waals surface area contributed by atoms with E-state index in [1.54, 1.807) is 11.1 Å². The SMILES string of the molecule is Cc1[nH]ncc1C(=O)N1CCN(C(=O)[C@H]2C[C@@H]2C)CC1. The second-order valence-corrected chi connectivity index (χ2v) is 5.85. The molecule has 1 saturated heterocycles. The fraction of sp³-hybridized carbons (Fsp3) is 0.643. The molecule has 0 aromatic carbocycles. The molecule has 1 aliphatic heterocycles.